The van der Waals surface area contributed by atoms with Gasteiger partial charge in [0.05, 0.1) is 18.9 Å². The molecule has 3 aromatic rings. The van der Waals surface area contributed by atoms with Crippen LogP contribution in [0.15, 0.2) is 65.3 Å². The van der Waals surface area contributed by atoms with Crippen molar-refractivity contribution in [3.8, 4) is 5.75 Å². The standard InChI is InChI=1S/C23H20ClN3O5/c1-31-19-9-8-16(24)12-17(19)21(28)25-26-22(29)18-11-14-5-2-3-6-15(14)13-27(18)23(30)20-7-4-10-32-20/h2-10,12,18H,11,13H2,1H3,(H,25,28)(H,26,29)/t18-/m0/s1. The van der Waals surface area contributed by atoms with Crippen molar-refractivity contribution in [1.82, 2.24) is 15.8 Å². The van der Waals surface area contributed by atoms with E-state index >= 15 is 0 Å². The van der Waals surface area contributed by atoms with Gasteiger partial charge < -0.3 is 14.1 Å². The van der Waals surface area contributed by atoms with E-state index < -0.39 is 23.8 Å². The molecule has 0 saturated carbocycles. The number of hydrogen-bond acceptors (Lipinski definition) is 5. The third-order valence-corrected chi connectivity index (χ3v) is 5.48. The number of carbonyl (C=O) groups is 3. The van der Waals surface area contributed by atoms with Crippen LogP contribution in [0.2, 0.25) is 5.02 Å². The average molecular weight is 454 g/mol. The van der Waals surface area contributed by atoms with Gasteiger partial charge in [-0.05, 0) is 41.5 Å². The molecule has 4 rings (SSSR count). The molecule has 0 fully saturated rings. The number of nitrogens with zero attached hydrogens (tertiary/aromatic N) is 1. The number of rotatable bonds is 4. The first-order valence-corrected chi connectivity index (χ1v) is 10.2. The number of hydrazine groups is 1. The van der Waals surface area contributed by atoms with Gasteiger partial charge >= 0.3 is 0 Å². The Hall–Kier alpha value is -3.78. The molecule has 3 amide bonds. The minimum atomic E-state index is -0.843. The van der Waals surface area contributed by atoms with E-state index in [0.29, 0.717) is 17.2 Å². The highest BCUT2D eigenvalue weighted by molar-refractivity contribution is 6.31. The highest BCUT2D eigenvalue weighted by Crippen LogP contribution is 2.26. The Kier molecular flexibility index (Phi) is 6.13. The van der Waals surface area contributed by atoms with Gasteiger partial charge in [0.2, 0.25) is 0 Å². The number of halogens is 1. The van der Waals surface area contributed by atoms with E-state index in [9.17, 15) is 14.4 Å². The van der Waals surface area contributed by atoms with E-state index in [2.05, 4.69) is 10.9 Å². The van der Waals surface area contributed by atoms with Crippen molar-refractivity contribution in [3.05, 3.63) is 88.3 Å². The molecule has 0 bridgehead atoms. The van der Waals surface area contributed by atoms with Crippen molar-refractivity contribution < 1.29 is 23.5 Å². The van der Waals surface area contributed by atoms with E-state index in [1.54, 1.807) is 24.3 Å². The number of methoxy groups -OCH3 is 1. The fourth-order valence-electron chi connectivity index (χ4n) is 3.64. The number of hydrogen-bond donors (Lipinski definition) is 2. The summed E-state index contributed by atoms with van der Waals surface area (Å²) in [4.78, 5) is 40.1. The lowest BCUT2D eigenvalue weighted by atomic mass is 9.93. The van der Waals surface area contributed by atoms with Crippen molar-refractivity contribution in [2.24, 2.45) is 0 Å². The lowest BCUT2D eigenvalue weighted by molar-refractivity contribution is -0.127. The van der Waals surface area contributed by atoms with E-state index in [1.165, 1.54) is 24.3 Å². The van der Waals surface area contributed by atoms with Gasteiger partial charge in [0.1, 0.15) is 11.8 Å². The normalized spacial score (nSPS) is 14.9. The van der Waals surface area contributed by atoms with Gasteiger partial charge in [0.25, 0.3) is 17.7 Å². The largest absolute Gasteiger partial charge is 0.496 e. The SMILES string of the molecule is COc1ccc(Cl)cc1C(=O)NNC(=O)[C@@H]1Cc2ccccc2CN1C(=O)c1ccco1. The molecule has 1 aromatic heterocycles. The first kappa shape index (κ1) is 21.5. The molecule has 0 unspecified atom stereocenters. The zero-order valence-electron chi connectivity index (χ0n) is 17.1. The number of carbonyl (C=O) groups excluding carboxylic acids is 3. The van der Waals surface area contributed by atoms with Crippen LogP contribution in [0.1, 0.15) is 32.0 Å². The topological polar surface area (TPSA) is 101 Å². The minimum Gasteiger partial charge on any atom is -0.496 e. The fourth-order valence-corrected chi connectivity index (χ4v) is 3.81. The molecule has 0 radical (unpaired) electrons. The second kappa shape index (κ2) is 9.15. The van der Waals surface area contributed by atoms with Gasteiger partial charge in [0, 0.05) is 18.0 Å². The predicted molar refractivity (Wildman–Crippen MR) is 116 cm³/mol. The first-order chi connectivity index (χ1) is 15.5. The van der Waals surface area contributed by atoms with Gasteiger partial charge in [-0.1, -0.05) is 35.9 Å². The first-order valence-electron chi connectivity index (χ1n) is 9.83. The van der Waals surface area contributed by atoms with Crippen LogP contribution in [0.3, 0.4) is 0 Å². The smallest absolute Gasteiger partial charge is 0.290 e. The third-order valence-electron chi connectivity index (χ3n) is 5.25. The van der Waals surface area contributed by atoms with Crippen molar-refractivity contribution in [3.63, 3.8) is 0 Å². The second-order valence-electron chi connectivity index (χ2n) is 7.19. The summed E-state index contributed by atoms with van der Waals surface area (Å²) in [6.07, 6.45) is 1.70. The summed E-state index contributed by atoms with van der Waals surface area (Å²) in [6.45, 7) is 0.240. The lowest BCUT2D eigenvalue weighted by Gasteiger charge is -2.35. The summed E-state index contributed by atoms with van der Waals surface area (Å²) in [5, 5.41) is 0.349. The molecule has 1 aliphatic heterocycles. The molecule has 32 heavy (non-hydrogen) atoms. The third kappa shape index (κ3) is 4.31. The number of furan rings is 1. The van der Waals surface area contributed by atoms with Gasteiger partial charge in [-0.15, -0.1) is 0 Å². The van der Waals surface area contributed by atoms with Gasteiger partial charge in [-0.25, -0.2) is 0 Å². The second-order valence-corrected chi connectivity index (χ2v) is 7.62. The van der Waals surface area contributed by atoms with E-state index in [-0.39, 0.29) is 17.9 Å². The molecule has 1 atom stereocenters. The minimum absolute atomic E-state index is 0.134. The predicted octanol–water partition coefficient (Wildman–Crippen LogP) is 2.97. The zero-order valence-corrected chi connectivity index (χ0v) is 17.9. The Morgan fingerprint density at radius 3 is 2.56 bits per heavy atom. The molecule has 164 valence electrons. The summed E-state index contributed by atoms with van der Waals surface area (Å²) in [7, 11) is 1.43. The van der Waals surface area contributed by atoms with E-state index in [1.807, 2.05) is 24.3 Å². The van der Waals surface area contributed by atoms with E-state index in [0.717, 1.165) is 11.1 Å². The van der Waals surface area contributed by atoms with E-state index in [4.69, 9.17) is 20.8 Å². The average Bonchev–Trinajstić information content (AvgIpc) is 3.36. The molecule has 2 N–H and O–H groups in total. The number of ether oxygens (including phenoxy) is 1. The maximum Gasteiger partial charge on any atom is 0.290 e. The fraction of sp³-hybridized carbons (Fsp3) is 0.174. The summed E-state index contributed by atoms with van der Waals surface area (Å²) in [6, 6.07) is 14.5. The van der Waals surface area contributed by atoms with Crippen LogP contribution in [-0.4, -0.2) is 35.8 Å². The van der Waals surface area contributed by atoms with Crippen LogP contribution in [0.4, 0.5) is 0 Å². The monoisotopic (exact) mass is 453 g/mol. The number of amides is 3. The molecule has 9 heteroatoms. The number of nitrogens with one attached hydrogen (secondary N) is 2. The summed E-state index contributed by atoms with van der Waals surface area (Å²) in [5.41, 5.74) is 6.87. The number of fused-ring (bicyclic) bond motifs is 1. The Balaban J connectivity index is 1.53. The van der Waals surface area contributed by atoms with Crippen molar-refractivity contribution in [1.29, 1.82) is 0 Å². The van der Waals surface area contributed by atoms with Gasteiger partial charge in [-0.2, -0.15) is 0 Å². The molecular formula is C23H20ClN3O5. The van der Waals surface area contributed by atoms with Crippen LogP contribution >= 0.6 is 11.6 Å². The molecule has 2 aromatic carbocycles. The number of benzene rings is 2. The summed E-state index contributed by atoms with van der Waals surface area (Å²) < 4.78 is 10.4. The molecule has 0 aliphatic carbocycles. The Morgan fingerprint density at radius 1 is 1.06 bits per heavy atom. The molecule has 0 saturated heterocycles. The Bertz CT molecular complexity index is 1160. The highest BCUT2D eigenvalue weighted by atomic mass is 35.5. The molecule has 1 aliphatic rings. The molecular weight excluding hydrogens is 434 g/mol. The van der Waals surface area contributed by atoms with Crippen LogP contribution in [0.5, 0.6) is 5.75 Å². The molecule has 2 heterocycles. The summed E-state index contributed by atoms with van der Waals surface area (Å²) >= 11 is 5.98. The van der Waals surface area contributed by atoms with Gasteiger partial charge in [0.15, 0.2) is 5.76 Å². The van der Waals surface area contributed by atoms with Crippen molar-refractivity contribution in [2.45, 2.75) is 19.0 Å². The van der Waals surface area contributed by atoms with Crippen LogP contribution in [0, 0.1) is 0 Å². The van der Waals surface area contributed by atoms with Crippen LogP contribution in [-0.2, 0) is 17.8 Å². The zero-order chi connectivity index (χ0) is 22.7. The quantitative estimate of drug-likeness (QED) is 0.591. The lowest BCUT2D eigenvalue weighted by Crippen LogP contribution is -2.56. The van der Waals surface area contributed by atoms with Crippen LogP contribution in [0.25, 0.3) is 0 Å². The van der Waals surface area contributed by atoms with Gasteiger partial charge in [-0.3, -0.25) is 25.2 Å². The molecule has 8 nitrogen and oxygen atoms in total. The Labute approximate surface area is 189 Å². The Morgan fingerprint density at radius 2 is 1.84 bits per heavy atom. The maximum absolute atomic E-state index is 13.0. The maximum atomic E-state index is 13.0. The van der Waals surface area contributed by atoms with Crippen molar-refractivity contribution in [2.75, 3.05) is 7.11 Å². The highest BCUT2D eigenvalue weighted by Gasteiger charge is 2.36. The summed E-state index contributed by atoms with van der Waals surface area (Å²) in [5.74, 6) is -1.10. The van der Waals surface area contributed by atoms with Crippen LogP contribution < -0.4 is 15.6 Å². The van der Waals surface area contributed by atoms with Crippen molar-refractivity contribution >= 4 is 29.3 Å². The molecule has 0 spiro atoms.